The fraction of sp³-hybridized carbons (Fsp3) is 0.615. The number of hydrogen-bond acceptors (Lipinski definition) is 4. The number of aromatic nitrogens is 1. The van der Waals surface area contributed by atoms with Crippen LogP contribution in [0.4, 0.5) is 10.2 Å². The summed E-state index contributed by atoms with van der Waals surface area (Å²) in [6.45, 7) is 3.77. The average molecular weight is 253 g/mol. The van der Waals surface area contributed by atoms with Gasteiger partial charge in [-0.2, -0.15) is 0 Å². The molecule has 1 aliphatic heterocycles. The van der Waals surface area contributed by atoms with E-state index in [1.165, 1.54) is 6.07 Å². The third-order valence-electron chi connectivity index (χ3n) is 3.44. The Morgan fingerprint density at radius 1 is 1.44 bits per heavy atom. The number of anilines is 1. The Bertz CT molecular complexity index is 367. The average Bonchev–Trinajstić information content (AvgIpc) is 2.40. The maximum atomic E-state index is 13.3. The number of nitrogens with zero attached hydrogens (tertiary/aromatic N) is 2. The van der Waals surface area contributed by atoms with Crippen molar-refractivity contribution in [3.05, 3.63) is 24.1 Å². The predicted molar refractivity (Wildman–Crippen MR) is 68.9 cm³/mol. The number of likely N-dealkylation sites (tertiary alicyclic amines) is 1. The van der Waals surface area contributed by atoms with Crippen LogP contribution in [-0.4, -0.2) is 47.8 Å². The number of pyridine rings is 1. The van der Waals surface area contributed by atoms with Gasteiger partial charge in [-0.05, 0) is 44.0 Å². The van der Waals surface area contributed by atoms with E-state index in [2.05, 4.69) is 15.2 Å². The zero-order valence-electron chi connectivity index (χ0n) is 10.5. The van der Waals surface area contributed by atoms with E-state index < -0.39 is 0 Å². The number of rotatable bonds is 5. The molecule has 5 heteroatoms. The van der Waals surface area contributed by atoms with Gasteiger partial charge in [-0.25, -0.2) is 9.37 Å². The van der Waals surface area contributed by atoms with Crippen LogP contribution >= 0.6 is 0 Å². The molecule has 2 rings (SSSR count). The Morgan fingerprint density at radius 3 is 2.89 bits per heavy atom. The number of halogens is 1. The molecule has 1 fully saturated rings. The van der Waals surface area contributed by atoms with Gasteiger partial charge in [0.15, 0.2) is 11.6 Å². The van der Waals surface area contributed by atoms with Crippen LogP contribution < -0.4 is 5.32 Å². The Labute approximate surface area is 107 Å². The summed E-state index contributed by atoms with van der Waals surface area (Å²) >= 11 is 0. The molecule has 0 amide bonds. The molecule has 1 aliphatic rings. The van der Waals surface area contributed by atoms with Gasteiger partial charge in [-0.1, -0.05) is 0 Å². The fourth-order valence-corrected chi connectivity index (χ4v) is 2.31. The molecule has 0 unspecified atom stereocenters. The highest BCUT2D eigenvalue weighted by Gasteiger charge is 2.18. The van der Waals surface area contributed by atoms with Crippen LogP contribution in [-0.2, 0) is 0 Å². The summed E-state index contributed by atoms with van der Waals surface area (Å²) in [6, 6.07) is 3.01. The van der Waals surface area contributed by atoms with Gasteiger partial charge < -0.3 is 15.3 Å². The molecule has 0 aromatic carbocycles. The highest BCUT2D eigenvalue weighted by atomic mass is 19.1. The lowest BCUT2D eigenvalue weighted by atomic mass is 9.97. The van der Waals surface area contributed by atoms with Crippen molar-refractivity contribution in [2.75, 3.05) is 38.1 Å². The van der Waals surface area contributed by atoms with Gasteiger partial charge in [0.25, 0.3) is 0 Å². The molecule has 0 radical (unpaired) electrons. The lowest BCUT2D eigenvalue weighted by molar-refractivity contribution is 0.151. The van der Waals surface area contributed by atoms with Crippen molar-refractivity contribution in [3.8, 4) is 0 Å². The zero-order valence-corrected chi connectivity index (χ0v) is 10.5. The van der Waals surface area contributed by atoms with Gasteiger partial charge >= 0.3 is 0 Å². The highest BCUT2D eigenvalue weighted by molar-refractivity contribution is 5.35. The molecule has 0 saturated carbocycles. The minimum absolute atomic E-state index is 0.224. The predicted octanol–water partition coefficient (Wildman–Crippen LogP) is 1.34. The number of piperidine rings is 1. The topological polar surface area (TPSA) is 48.4 Å². The van der Waals surface area contributed by atoms with Crippen LogP contribution in [0.25, 0.3) is 0 Å². The number of nitrogens with one attached hydrogen (secondary N) is 1. The summed E-state index contributed by atoms with van der Waals surface area (Å²) in [4.78, 5) is 6.24. The third kappa shape index (κ3) is 3.65. The van der Waals surface area contributed by atoms with Crippen LogP contribution in [0.3, 0.4) is 0 Å². The molecule has 0 atom stereocenters. The second-order valence-corrected chi connectivity index (χ2v) is 4.72. The smallest absolute Gasteiger partial charge is 0.165 e. The van der Waals surface area contributed by atoms with E-state index in [9.17, 15) is 4.39 Å². The van der Waals surface area contributed by atoms with Crippen molar-refractivity contribution in [1.29, 1.82) is 0 Å². The van der Waals surface area contributed by atoms with E-state index in [1.807, 2.05) is 0 Å². The molecule has 2 N–H and O–H groups in total. The Kier molecular flexibility index (Phi) is 4.90. The van der Waals surface area contributed by atoms with Crippen LogP contribution in [0.5, 0.6) is 0 Å². The van der Waals surface area contributed by atoms with Gasteiger partial charge in [-0.15, -0.1) is 0 Å². The minimum atomic E-state index is -0.296. The van der Waals surface area contributed by atoms with Gasteiger partial charge in [0.1, 0.15) is 0 Å². The minimum Gasteiger partial charge on any atom is -0.395 e. The maximum Gasteiger partial charge on any atom is 0.165 e. The van der Waals surface area contributed by atoms with Crippen molar-refractivity contribution in [3.63, 3.8) is 0 Å². The second-order valence-electron chi connectivity index (χ2n) is 4.72. The summed E-state index contributed by atoms with van der Waals surface area (Å²) in [5.41, 5.74) is 0. The summed E-state index contributed by atoms with van der Waals surface area (Å²) in [7, 11) is 0. The molecule has 0 spiro atoms. The molecule has 1 aromatic rings. The molecule has 1 saturated heterocycles. The molecule has 0 bridgehead atoms. The van der Waals surface area contributed by atoms with E-state index in [-0.39, 0.29) is 12.4 Å². The summed E-state index contributed by atoms with van der Waals surface area (Å²) in [5.74, 6) is 0.604. The maximum absolute atomic E-state index is 13.3. The lowest BCUT2D eigenvalue weighted by Gasteiger charge is -2.31. The number of hydrogen-bond donors (Lipinski definition) is 2. The van der Waals surface area contributed by atoms with Gasteiger partial charge in [-0.3, -0.25) is 0 Å². The van der Waals surface area contributed by atoms with Crippen LogP contribution in [0.15, 0.2) is 18.3 Å². The molecule has 0 aliphatic carbocycles. The van der Waals surface area contributed by atoms with E-state index >= 15 is 0 Å². The molecule has 18 heavy (non-hydrogen) atoms. The van der Waals surface area contributed by atoms with E-state index in [0.717, 1.165) is 39.0 Å². The highest BCUT2D eigenvalue weighted by Crippen LogP contribution is 2.18. The van der Waals surface area contributed by atoms with E-state index in [0.29, 0.717) is 11.7 Å². The van der Waals surface area contributed by atoms with Crippen LogP contribution in [0.1, 0.15) is 12.8 Å². The third-order valence-corrected chi connectivity index (χ3v) is 3.44. The van der Waals surface area contributed by atoms with Crippen molar-refractivity contribution in [1.82, 2.24) is 9.88 Å². The van der Waals surface area contributed by atoms with Gasteiger partial charge in [0.2, 0.25) is 0 Å². The Balaban J connectivity index is 1.74. The largest absolute Gasteiger partial charge is 0.395 e. The fourth-order valence-electron chi connectivity index (χ4n) is 2.31. The van der Waals surface area contributed by atoms with Gasteiger partial charge in [0, 0.05) is 19.3 Å². The second kappa shape index (κ2) is 6.66. The van der Waals surface area contributed by atoms with E-state index in [4.69, 9.17) is 5.11 Å². The van der Waals surface area contributed by atoms with Crippen LogP contribution in [0.2, 0.25) is 0 Å². The number of aliphatic hydroxyl groups is 1. The SMILES string of the molecule is OCCN1CCC(CNc2ncccc2F)CC1. The first kappa shape index (κ1) is 13.2. The molecule has 100 valence electrons. The molecule has 2 heterocycles. The van der Waals surface area contributed by atoms with E-state index in [1.54, 1.807) is 12.3 Å². The van der Waals surface area contributed by atoms with Crippen LogP contribution in [0, 0.1) is 11.7 Å². The summed E-state index contributed by atoms with van der Waals surface area (Å²) < 4.78 is 13.3. The Morgan fingerprint density at radius 2 is 2.22 bits per heavy atom. The normalized spacial score (nSPS) is 17.9. The lowest BCUT2D eigenvalue weighted by Crippen LogP contribution is -2.37. The first-order valence-corrected chi connectivity index (χ1v) is 6.47. The van der Waals surface area contributed by atoms with Crippen molar-refractivity contribution in [2.45, 2.75) is 12.8 Å². The summed E-state index contributed by atoms with van der Waals surface area (Å²) in [5, 5.41) is 11.9. The zero-order chi connectivity index (χ0) is 12.8. The standard InChI is InChI=1S/C13H20FN3O/c14-12-2-1-5-15-13(12)16-10-11-3-6-17(7-4-11)8-9-18/h1-2,5,11,18H,3-4,6-10H2,(H,15,16). The van der Waals surface area contributed by atoms with Gasteiger partial charge in [0.05, 0.1) is 6.61 Å². The molecular weight excluding hydrogens is 233 g/mol. The first-order valence-electron chi connectivity index (χ1n) is 6.47. The quantitative estimate of drug-likeness (QED) is 0.831. The van der Waals surface area contributed by atoms with Crippen molar-refractivity contribution < 1.29 is 9.50 Å². The van der Waals surface area contributed by atoms with Crippen molar-refractivity contribution >= 4 is 5.82 Å². The molecule has 1 aromatic heterocycles. The molecule has 4 nitrogen and oxygen atoms in total. The monoisotopic (exact) mass is 253 g/mol. The molecular formula is C13H20FN3O. The Hall–Kier alpha value is -1.20. The van der Waals surface area contributed by atoms with Crippen molar-refractivity contribution in [2.24, 2.45) is 5.92 Å². The number of β-amino-alcohol motifs (C(OH)–C–C–N with tert-alkyl or cyclic N) is 1. The number of aliphatic hydroxyl groups excluding tert-OH is 1. The first-order chi connectivity index (χ1) is 8.79. The summed E-state index contributed by atoms with van der Waals surface area (Å²) in [6.07, 6.45) is 3.76.